The molecule has 0 unspecified atom stereocenters. The maximum atomic E-state index is 5.48. The lowest BCUT2D eigenvalue weighted by atomic mass is 10.2. The highest BCUT2D eigenvalue weighted by atomic mass is 32.2. The van der Waals surface area contributed by atoms with Crippen LogP contribution in [0.15, 0.2) is 81.2 Å². The molecule has 7 nitrogen and oxygen atoms in total. The van der Waals surface area contributed by atoms with Crippen molar-refractivity contribution in [1.29, 1.82) is 0 Å². The van der Waals surface area contributed by atoms with Crippen molar-refractivity contribution >= 4 is 22.7 Å². The number of aromatic nitrogens is 5. The Morgan fingerprint density at radius 1 is 0.867 bits per heavy atom. The SMILES string of the molecule is c1coc(-c2nc(SCCCc3nc(-c4ccncc4)no3)c3ccccc3n2)c1. The average molecular weight is 415 g/mol. The molecule has 0 radical (unpaired) electrons. The maximum Gasteiger partial charge on any atom is 0.226 e. The predicted molar refractivity (Wildman–Crippen MR) is 114 cm³/mol. The van der Waals surface area contributed by atoms with Crippen molar-refractivity contribution in [2.75, 3.05) is 5.75 Å². The number of benzene rings is 1. The third-order valence-corrected chi connectivity index (χ3v) is 5.57. The minimum atomic E-state index is 0.588. The number of fused-ring (bicyclic) bond motifs is 1. The summed E-state index contributed by atoms with van der Waals surface area (Å²) in [4.78, 5) is 17.8. The summed E-state index contributed by atoms with van der Waals surface area (Å²) in [6, 6.07) is 15.4. The molecule has 0 spiro atoms. The zero-order valence-electron chi connectivity index (χ0n) is 15.9. The van der Waals surface area contributed by atoms with E-state index < -0.39 is 0 Å². The van der Waals surface area contributed by atoms with Crippen LogP contribution in [0.5, 0.6) is 0 Å². The first-order valence-corrected chi connectivity index (χ1v) is 10.5. The molecular weight excluding hydrogens is 398 g/mol. The van der Waals surface area contributed by atoms with Crippen molar-refractivity contribution < 1.29 is 8.94 Å². The van der Waals surface area contributed by atoms with Crippen LogP contribution in [0.1, 0.15) is 12.3 Å². The molecule has 0 aliphatic rings. The number of thioether (sulfide) groups is 1. The molecule has 1 aromatic carbocycles. The normalized spacial score (nSPS) is 11.2. The quantitative estimate of drug-likeness (QED) is 0.207. The number of hydrogen-bond donors (Lipinski definition) is 0. The Morgan fingerprint density at radius 2 is 1.77 bits per heavy atom. The number of aryl methyl sites for hydroxylation is 1. The van der Waals surface area contributed by atoms with Gasteiger partial charge in [-0.1, -0.05) is 23.4 Å². The predicted octanol–water partition coefficient (Wildman–Crippen LogP) is 5.06. The molecule has 0 saturated carbocycles. The van der Waals surface area contributed by atoms with Gasteiger partial charge in [0, 0.05) is 35.5 Å². The molecule has 148 valence electrons. The first-order valence-electron chi connectivity index (χ1n) is 9.53. The van der Waals surface area contributed by atoms with Gasteiger partial charge in [0.1, 0.15) is 5.03 Å². The summed E-state index contributed by atoms with van der Waals surface area (Å²) in [7, 11) is 0. The van der Waals surface area contributed by atoms with E-state index in [-0.39, 0.29) is 0 Å². The molecule has 5 aromatic rings. The molecule has 0 atom stereocenters. The van der Waals surface area contributed by atoms with Gasteiger partial charge in [0.2, 0.25) is 11.7 Å². The Hall–Kier alpha value is -3.52. The second-order valence-electron chi connectivity index (χ2n) is 6.55. The highest BCUT2D eigenvalue weighted by Gasteiger charge is 2.12. The fraction of sp³-hybridized carbons (Fsp3) is 0.136. The third-order valence-electron chi connectivity index (χ3n) is 4.49. The minimum absolute atomic E-state index is 0.588. The van der Waals surface area contributed by atoms with Crippen molar-refractivity contribution in [3.8, 4) is 23.0 Å². The van der Waals surface area contributed by atoms with Crippen LogP contribution in [-0.4, -0.2) is 30.8 Å². The zero-order valence-corrected chi connectivity index (χ0v) is 16.7. The number of para-hydroxylation sites is 1. The van der Waals surface area contributed by atoms with Crippen LogP contribution in [0.4, 0.5) is 0 Å². The Morgan fingerprint density at radius 3 is 2.63 bits per heavy atom. The van der Waals surface area contributed by atoms with Crippen molar-refractivity contribution in [2.24, 2.45) is 0 Å². The molecule has 0 saturated heterocycles. The van der Waals surface area contributed by atoms with Gasteiger partial charge in [0.25, 0.3) is 0 Å². The number of furan rings is 1. The molecular formula is C22H17N5O2S. The monoisotopic (exact) mass is 415 g/mol. The molecule has 5 rings (SSSR count). The number of pyridine rings is 1. The Labute approximate surface area is 176 Å². The highest BCUT2D eigenvalue weighted by Crippen LogP contribution is 2.29. The minimum Gasteiger partial charge on any atom is -0.461 e. The van der Waals surface area contributed by atoms with Crippen molar-refractivity contribution in [2.45, 2.75) is 17.9 Å². The molecule has 30 heavy (non-hydrogen) atoms. The van der Waals surface area contributed by atoms with Gasteiger partial charge < -0.3 is 8.94 Å². The van der Waals surface area contributed by atoms with Gasteiger partial charge in [0.05, 0.1) is 11.8 Å². The van der Waals surface area contributed by atoms with E-state index >= 15 is 0 Å². The first kappa shape index (κ1) is 18.5. The van der Waals surface area contributed by atoms with Gasteiger partial charge >= 0.3 is 0 Å². The van der Waals surface area contributed by atoms with E-state index in [9.17, 15) is 0 Å². The van der Waals surface area contributed by atoms with Crippen molar-refractivity contribution in [3.05, 3.63) is 73.1 Å². The lowest BCUT2D eigenvalue weighted by molar-refractivity contribution is 0.378. The van der Waals surface area contributed by atoms with E-state index in [1.807, 2.05) is 48.5 Å². The number of nitrogens with zero attached hydrogens (tertiary/aromatic N) is 5. The van der Waals surface area contributed by atoms with Crippen LogP contribution in [-0.2, 0) is 6.42 Å². The van der Waals surface area contributed by atoms with Crippen molar-refractivity contribution in [1.82, 2.24) is 25.1 Å². The average Bonchev–Trinajstić information content (AvgIpc) is 3.50. The molecule has 8 heteroatoms. The Balaban J connectivity index is 1.27. The van der Waals surface area contributed by atoms with Crippen LogP contribution in [0.3, 0.4) is 0 Å². The summed E-state index contributed by atoms with van der Waals surface area (Å²) in [5.41, 5.74) is 1.80. The van der Waals surface area contributed by atoms with Gasteiger partial charge in [-0.2, -0.15) is 4.98 Å². The fourth-order valence-corrected chi connectivity index (χ4v) is 4.00. The summed E-state index contributed by atoms with van der Waals surface area (Å²) in [5, 5.41) is 6.03. The van der Waals surface area contributed by atoms with E-state index in [2.05, 4.69) is 20.1 Å². The third kappa shape index (κ3) is 3.95. The number of hydrogen-bond acceptors (Lipinski definition) is 8. The smallest absolute Gasteiger partial charge is 0.226 e. The Kier molecular flexibility index (Phi) is 5.22. The van der Waals surface area contributed by atoms with Crippen LogP contribution in [0, 0.1) is 0 Å². The summed E-state index contributed by atoms with van der Waals surface area (Å²) in [6.45, 7) is 0. The van der Waals surface area contributed by atoms with Crippen molar-refractivity contribution in [3.63, 3.8) is 0 Å². The summed E-state index contributed by atoms with van der Waals surface area (Å²) in [6.07, 6.45) is 6.65. The fourth-order valence-electron chi connectivity index (χ4n) is 3.04. The topological polar surface area (TPSA) is 90.7 Å². The first-order chi connectivity index (χ1) is 14.9. The largest absolute Gasteiger partial charge is 0.461 e. The second kappa shape index (κ2) is 8.46. The summed E-state index contributed by atoms with van der Waals surface area (Å²) < 4.78 is 10.9. The molecule has 0 fully saturated rings. The molecule has 0 bridgehead atoms. The summed E-state index contributed by atoms with van der Waals surface area (Å²) in [5.74, 6) is 3.35. The molecule has 0 aliphatic carbocycles. The molecule has 0 N–H and O–H groups in total. The lowest BCUT2D eigenvalue weighted by Crippen LogP contribution is -1.95. The van der Waals surface area contributed by atoms with E-state index in [1.54, 1.807) is 30.4 Å². The van der Waals surface area contributed by atoms with Gasteiger partial charge in [-0.05, 0) is 36.8 Å². The molecule has 4 aromatic heterocycles. The highest BCUT2D eigenvalue weighted by molar-refractivity contribution is 7.99. The molecule has 0 aliphatic heterocycles. The van der Waals surface area contributed by atoms with E-state index in [0.717, 1.165) is 33.7 Å². The molecule has 0 amide bonds. The van der Waals surface area contributed by atoms with E-state index in [4.69, 9.17) is 13.9 Å². The van der Waals surface area contributed by atoms with Crippen LogP contribution < -0.4 is 0 Å². The second-order valence-corrected chi connectivity index (χ2v) is 7.63. The summed E-state index contributed by atoms with van der Waals surface area (Å²) >= 11 is 1.69. The lowest BCUT2D eigenvalue weighted by Gasteiger charge is -2.07. The Bertz CT molecular complexity index is 1260. The van der Waals surface area contributed by atoms with Crippen LogP contribution in [0.2, 0.25) is 0 Å². The van der Waals surface area contributed by atoms with Gasteiger partial charge in [-0.3, -0.25) is 4.98 Å². The van der Waals surface area contributed by atoms with Gasteiger partial charge in [-0.25, -0.2) is 9.97 Å². The van der Waals surface area contributed by atoms with Gasteiger partial charge in [-0.15, -0.1) is 11.8 Å². The van der Waals surface area contributed by atoms with Crippen LogP contribution >= 0.6 is 11.8 Å². The van der Waals surface area contributed by atoms with E-state index in [1.165, 1.54) is 0 Å². The standard InChI is InChI=1S/C22H17N5O2S/c1-2-6-17-16(5-1)22(26-21(24-17)18-7-3-13-28-18)30-14-4-8-19-25-20(27-29-19)15-9-11-23-12-10-15/h1-3,5-7,9-13H,4,8,14H2. The molecule has 4 heterocycles. The van der Waals surface area contributed by atoms with Crippen LogP contribution in [0.25, 0.3) is 33.9 Å². The zero-order chi connectivity index (χ0) is 20.2. The van der Waals surface area contributed by atoms with E-state index in [0.29, 0.717) is 29.7 Å². The number of rotatable bonds is 7. The maximum absolute atomic E-state index is 5.48. The van der Waals surface area contributed by atoms with Gasteiger partial charge in [0.15, 0.2) is 11.6 Å².